The number of nitrogens with zero attached hydrogens (tertiary/aromatic N) is 2. The van der Waals surface area contributed by atoms with E-state index in [0.717, 1.165) is 0 Å². The smallest absolute Gasteiger partial charge is 0.186 e. The van der Waals surface area contributed by atoms with Crippen molar-refractivity contribution in [2.75, 3.05) is 12.3 Å². The lowest BCUT2D eigenvalue weighted by Gasteiger charge is -2.10. The van der Waals surface area contributed by atoms with Gasteiger partial charge in [-0.15, -0.1) is 0 Å². The molecule has 5 heteroatoms. The molecule has 4 nitrogen and oxygen atoms in total. The highest BCUT2D eigenvalue weighted by atomic mass is 19.1. The number of ether oxygens (including phenoxy) is 1. The highest BCUT2D eigenvalue weighted by molar-refractivity contribution is 5.65. The number of halogens is 1. The zero-order valence-corrected chi connectivity index (χ0v) is 10.3. The third-order valence-corrected chi connectivity index (χ3v) is 2.47. The molecule has 0 aliphatic rings. The van der Waals surface area contributed by atoms with Crippen molar-refractivity contribution in [2.45, 2.75) is 13.8 Å². The van der Waals surface area contributed by atoms with Crippen LogP contribution in [-0.2, 0) is 0 Å². The van der Waals surface area contributed by atoms with Crippen molar-refractivity contribution < 1.29 is 9.13 Å². The van der Waals surface area contributed by atoms with Crippen LogP contribution in [0.3, 0.4) is 0 Å². The van der Waals surface area contributed by atoms with Crippen molar-refractivity contribution in [2.24, 2.45) is 0 Å². The van der Waals surface area contributed by atoms with Gasteiger partial charge in [-0.1, -0.05) is 12.1 Å². The average Bonchev–Trinajstić information content (AvgIpc) is 2.36. The summed E-state index contributed by atoms with van der Waals surface area (Å²) in [5.74, 6) is 0.303. The van der Waals surface area contributed by atoms with Gasteiger partial charge in [0.25, 0.3) is 0 Å². The molecule has 0 atom stereocenters. The highest BCUT2D eigenvalue weighted by Gasteiger charge is 2.13. The van der Waals surface area contributed by atoms with Crippen molar-refractivity contribution >= 4 is 5.82 Å². The zero-order chi connectivity index (χ0) is 13.1. The number of aryl methyl sites for hydroxylation is 1. The minimum absolute atomic E-state index is 0.149. The Bertz CT molecular complexity index is 549. The van der Waals surface area contributed by atoms with Gasteiger partial charge < -0.3 is 10.5 Å². The van der Waals surface area contributed by atoms with Crippen molar-refractivity contribution in [3.63, 3.8) is 0 Å². The number of nitrogens with two attached hydrogens (primary N) is 1. The molecule has 0 aliphatic heterocycles. The number of nitrogen functional groups attached to an aromatic ring is 1. The Morgan fingerprint density at radius 2 is 2.00 bits per heavy atom. The number of benzene rings is 1. The van der Waals surface area contributed by atoms with E-state index in [0.29, 0.717) is 23.7 Å². The van der Waals surface area contributed by atoms with Crippen LogP contribution in [0.1, 0.15) is 12.6 Å². The molecule has 18 heavy (non-hydrogen) atoms. The molecule has 0 spiro atoms. The van der Waals surface area contributed by atoms with Gasteiger partial charge in [0.2, 0.25) is 0 Å². The minimum atomic E-state index is -0.576. The standard InChI is InChI=1S/C13H14FN3O/c1-3-18-10-7-5-4-6-9(10)13-16-8(2)11(14)12(15)17-13/h4-7H,3H2,1-2H3,(H2,15,16,17). The van der Waals surface area contributed by atoms with Gasteiger partial charge >= 0.3 is 0 Å². The monoisotopic (exact) mass is 247 g/mol. The van der Waals surface area contributed by atoms with Crippen molar-refractivity contribution in [1.29, 1.82) is 0 Å². The van der Waals surface area contributed by atoms with Crippen LogP contribution in [-0.4, -0.2) is 16.6 Å². The molecule has 94 valence electrons. The topological polar surface area (TPSA) is 61.0 Å². The number of para-hydroxylation sites is 1. The lowest BCUT2D eigenvalue weighted by molar-refractivity contribution is 0.341. The van der Waals surface area contributed by atoms with Gasteiger partial charge in [-0.2, -0.15) is 0 Å². The van der Waals surface area contributed by atoms with Crippen LogP contribution < -0.4 is 10.5 Å². The van der Waals surface area contributed by atoms with E-state index in [2.05, 4.69) is 9.97 Å². The summed E-state index contributed by atoms with van der Waals surface area (Å²) in [7, 11) is 0. The summed E-state index contributed by atoms with van der Waals surface area (Å²) in [5.41, 5.74) is 6.44. The molecule has 0 saturated heterocycles. The Labute approximate surface area is 105 Å². The van der Waals surface area contributed by atoms with Crippen molar-refractivity contribution in [3.8, 4) is 17.1 Å². The predicted octanol–water partition coefficient (Wildman–Crippen LogP) is 2.57. The molecule has 2 N–H and O–H groups in total. The fourth-order valence-electron chi connectivity index (χ4n) is 1.63. The van der Waals surface area contributed by atoms with E-state index in [1.165, 1.54) is 0 Å². The first kappa shape index (κ1) is 12.3. The maximum atomic E-state index is 13.4. The van der Waals surface area contributed by atoms with E-state index in [1.54, 1.807) is 6.92 Å². The third-order valence-electron chi connectivity index (χ3n) is 2.47. The van der Waals surface area contributed by atoms with Gasteiger partial charge in [0.05, 0.1) is 17.9 Å². The van der Waals surface area contributed by atoms with Crippen LogP contribution in [0.5, 0.6) is 5.75 Å². The van der Waals surface area contributed by atoms with E-state index in [-0.39, 0.29) is 11.5 Å². The third kappa shape index (κ3) is 2.25. The van der Waals surface area contributed by atoms with Gasteiger partial charge in [0.15, 0.2) is 17.5 Å². The summed E-state index contributed by atoms with van der Waals surface area (Å²) < 4.78 is 18.9. The molecule has 1 aromatic carbocycles. The molecule has 0 amide bonds. The summed E-state index contributed by atoms with van der Waals surface area (Å²) in [5, 5.41) is 0. The lowest BCUT2D eigenvalue weighted by atomic mass is 10.2. The van der Waals surface area contributed by atoms with Crippen LogP contribution in [0.4, 0.5) is 10.2 Å². The normalized spacial score (nSPS) is 10.4. The molecule has 1 aromatic heterocycles. The predicted molar refractivity (Wildman–Crippen MR) is 67.7 cm³/mol. The molecule has 0 fully saturated rings. The molecular weight excluding hydrogens is 233 g/mol. The summed E-state index contributed by atoms with van der Waals surface area (Å²) in [6.07, 6.45) is 0. The average molecular weight is 247 g/mol. The number of hydrogen-bond donors (Lipinski definition) is 1. The van der Waals surface area contributed by atoms with Crippen molar-refractivity contribution in [1.82, 2.24) is 9.97 Å². The molecule has 2 rings (SSSR count). The second-order valence-corrected chi connectivity index (χ2v) is 3.76. The lowest BCUT2D eigenvalue weighted by Crippen LogP contribution is -2.04. The van der Waals surface area contributed by atoms with E-state index < -0.39 is 5.82 Å². The summed E-state index contributed by atoms with van der Waals surface area (Å²) >= 11 is 0. The number of hydrogen-bond acceptors (Lipinski definition) is 4. The first-order valence-electron chi connectivity index (χ1n) is 5.65. The zero-order valence-electron chi connectivity index (χ0n) is 10.3. The molecular formula is C13H14FN3O. The molecule has 0 bridgehead atoms. The quantitative estimate of drug-likeness (QED) is 0.905. The maximum absolute atomic E-state index is 13.4. The Morgan fingerprint density at radius 3 is 2.67 bits per heavy atom. The number of anilines is 1. The van der Waals surface area contributed by atoms with Crippen LogP contribution in [0.25, 0.3) is 11.4 Å². The van der Waals surface area contributed by atoms with E-state index >= 15 is 0 Å². The van der Waals surface area contributed by atoms with E-state index in [1.807, 2.05) is 31.2 Å². The van der Waals surface area contributed by atoms with Gasteiger partial charge in [-0.3, -0.25) is 0 Å². The SMILES string of the molecule is CCOc1ccccc1-c1nc(C)c(F)c(N)n1. The fraction of sp³-hybridized carbons (Fsp3) is 0.231. The van der Waals surface area contributed by atoms with Crippen LogP contribution >= 0.6 is 0 Å². The Kier molecular flexibility index (Phi) is 3.41. The van der Waals surface area contributed by atoms with Gasteiger partial charge in [-0.05, 0) is 26.0 Å². The molecule has 0 aliphatic carbocycles. The van der Waals surface area contributed by atoms with Crippen LogP contribution in [0, 0.1) is 12.7 Å². The largest absolute Gasteiger partial charge is 0.493 e. The molecule has 0 radical (unpaired) electrons. The van der Waals surface area contributed by atoms with Crippen LogP contribution in [0.2, 0.25) is 0 Å². The summed E-state index contributed by atoms with van der Waals surface area (Å²) in [6, 6.07) is 7.33. The Morgan fingerprint density at radius 1 is 1.28 bits per heavy atom. The second-order valence-electron chi connectivity index (χ2n) is 3.76. The molecule has 2 aromatic rings. The molecule has 0 unspecified atom stereocenters. The van der Waals surface area contributed by atoms with Gasteiger partial charge in [0.1, 0.15) is 5.75 Å². The molecule has 1 heterocycles. The first-order valence-corrected chi connectivity index (χ1v) is 5.65. The summed E-state index contributed by atoms with van der Waals surface area (Å²) in [6.45, 7) is 3.98. The highest BCUT2D eigenvalue weighted by Crippen LogP contribution is 2.28. The Balaban J connectivity index is 2.55. The minimum Gasteiger partial charge on any atom is -0.493 e. The van der Waals surface area contributed by atoms with Gasteiger partial charge in [-0.25, -0.2) is 14.4 Å². The van der Waals surface area contributed by atoms with E-state index in [9.17, 15) is 4.39 Å². The fourth-order valence-corrected chi connectivity index (χ4v) is 1.63. The Hall–Kier alpha value is -2.17. The summed E-state index contributed by atoms with van der Waals surface area (Å²) in [4.78, 5) is 8.06. The van der Waals surface area contributed by atoms with Crippen molar-refractivity contribution in [3.05, 3.63) is 35.8 Å². The van der Waals surface area contributed by atoms with Gasteiger partial charge in [0, 0.05) is 0 Å². The second kappa shape index (κ2) is 5.00. The van der Waals surface area contributed by atoms with E-state index in [4.69, 9.17) is 10.5 Å². The maximum Gasteiger partial charge on any atom is 0.186 e. The van der Waals surface area contributed by atoms with Crippen LogP contribution in [0.15, 0.2) is 24.3 Å². The molecule has 0 saturated carbocycles. The number of aromatic nitrogens is 2. The first-order chi connectivity index (χ1) is 8.63. The number of rotatable bonds is 3.